The van der Waals surface area contributed by atoms with Crippen molar-refractivity contribution >= 4 is 5.91 Å². The molecule has 0 aromatic carbocycles. The molecule has 0 aromatic rings. The number of rotatable bonds is 6. The molecule has 0 spiro atoms. The summed E-state index contributed by atoms with van der Waals surface area (Å²) in [6.07, 6.45) is 2.80. The van der Waals surface area contributed by atoms with Crippen LogP contribution in [0, 0.1) is 17.2 Å². The molecule has 1 unspecified atom stereocenters. The van der Waals surface area contributed by atoms with Crippen molar-refractivity contribution in [3.63, 3.8) is 0 Å². The molecule has 1 amide bonds. The second-order valence-electron chi connectivity index (χ2n) is 4.38. The van der Waals surface area contributed by atoms with Crippen LogP contribution in [0.25, 0.3) is 0 Å². The molecule has 1 rings (SSSR count). The van der Waals surface area contributed by atoms with Crippen molar-refractivity contribution in [2.24, 2.45) is 5.92 Å². The second kappa shape index (κ2) is 5.72. The van der Waals surface area contributed by atoms with Crippen LogP contribution in [-0.4, -0.2) is 37.0 Å². The number of nitrogens with zero attached hydrogens (tertiary/aromatic N) is 2. The van der Waals surface area contributed by atoms with Gasteiger partial charge in [0.25, 0.3) is 0 Å². The van der Waals surface area contributed by atoms with E-state index in [2.05, 4.69) is 11.4 Å². The van der Waals surface area contributed by atoms with Gasteiger partial charge in [0.1, 0.15) is 0 Å². The molecule has 0 heterocycles. The summed E-state index contributed by atoms with van der Waals surface area (Å²) in [5.74, 6) is 0.162. The predicted molar refractivity (Wildman–Crippen MR) is 58.1 cm³/mol. The van der Waals surface area contributed by atoms with Crippen LogP contribution in [0.1, 0.15) is 26.2 Å². The van der Waals surface area contributed by atoms with E-state index in [0.29, 0.717) is 12.5 Å². The molecule has 15 heavy (non-hydrogen) atoms. The van der Waals surface area contributed by atoms with Gasteiger partial charge in [-0.15, -0.1) is 0 Å². The zero-order valence-electron chi connectivity index (χ0n) is 9.49. The maximum Gasteiger partial charge on any atom is 0.221 e. The average Bonchev–Trinajstić information content (AvgIpc) is 2.98. The Morgan fingerprint density at radius 2 is 2.33 bits per heavy atom. The largest absolute Gasteiger partial charge is 0.353 e. The van der Waals surface area contributed by atoms with Gasteiger partial charge in [0.2, 0.25) is 5.91 Å². The monoisotopic (exact) mass is 209 g/mol. The number of nitrogens with one attached hydrogen (secondary N) is 1. The van der Waals surface area contributed by atoms with Crippen molar-refractivity contribution in [2.75, 3.05) is 20.1 Å². The van der Waals surface area contributed by atoms with Crippen LogP contribution in [0.4, 0.5) is 0 Å². The minimum atomic E-state index is 0.0292. The fourth-order valence-electron chi connectivity index (χ4n) is 1.42. The van der Waals surface area contributed by atoms with E-state index in [0.717, 1.165) is 25.9 Å². The Bertz CT molecular complexity index is 255. The quantitative estimate of drug-likeness (QED) is 0.702. The van der Waals surface area contributed by atoms with Crippen LogP contribution in [-0.2, 0) is 4.79 Å². The number of amides is 1. The minimum Gasteiger partial charge on any atom is -0.353 e. The first-order chi connectivity index (χ1) is 7.11. The number of nitriles is 1. The summed E-state index contributed by atoms with van der Waals surface area (Å²) in [4.78, 5) is 13.4. The molecule has 1 atom stereocenters. The molecule has 0 aromatic heterocycles. The van der Waals surface area contributed by atoms with Crippen molar-refractivity contribution in [2.45, 2.75) is 32.2 Å². The first-order valence-corrected chi connectivity index (χ1v) is 5.49. The third-order valence-corrected chi connectivity index (χ3v) is 2.47. The normalized spacial score (nSPS) is 17.2. The van der Waals surface area contributed by atoms with Crippen LogP contribution >= 0.6 is 0 Å². The van der Waals surface area contributed by atoms with Crippen molar-refractivity contribution in [3.05, 3.63) is 0 Å². The molecule has 1 N–H and O–H groups in total. The van der Waals surface area contributed by atoms with Gasteiger partial charge in [-0.3, -0.25) is 4.79 Å². The molecule has 0 aliphatic heterocycles. The molecule has 0 bridgehead atoms. The molecule has 1 aliphatic rings. The maximum absolute atomic E-state index is 11.4. The number of carbonyl (C=O) groups excluding carboxylic acids is 1. The highest BCUT2D eigenvalue weighted by molar-refractivity contribution is 5.76. The van der Waals surface area contributed by atoms with E-state index in [9.17, 15) is 4.79 Å². The lowest BCUT2D eigenvalue weighted by atomic mass is 10.2. The van der Waals surface area contributed by atoms with E-state index in [-0.39, 0.29) is 11.8 Å². The van der Waals surface area contributed by atoms with Gasteiger partial charge >= 0.3 is 0 Å². The first kappa shape index (κ1) is 12.0. The van der Waals surface area contributed by atoms with E-state index in [1.54, 1.807) is 0 Å². The summed E-state index contributed by atoms with van der Waals surface area (Å²) in [5.41, 5.74) is 0. The molecule has 4 heteroatoms. The zero-order chi connectivity index (χ0) is 11.3. The van der Waals surface area contributed by atoms with Gasteiger partial charge in [-0.1, -0.05) is 0 Å². The molecule has 1 fully saturated rings. The fourth-order valence-corrected chi connectivity index (χ4v) is 1.42. The summed E-state index contributed by atoms with van der Waals surface area (Å²) in [5, 5.41) is 11.6. The van der Waals surface area contributed by atoms with E-state index < -0.39 is 0 Å². The fraction of sp³-hybridized carbons (Fsp3) is 0.818. The van der Waals surface area contributed by atoms with E-state index in [4.69, 9.17) is 5.26 Å². The Balaban J connectivity index is 2.07. The summed E-state index contributed by atoms with van der Waals surface area (Å²) >= 11 is 0. The second-order valence-corrected chi connectivity index (χ2v) is 4.38. The van der Waals surface area contributed by atoms with Gasteiger partial charge in [-0.25, -0.2) is 0 Å². The molecule has 1 aliphatic carbocycles. The SMILES string of the molecule is CC(C#N)CN(C)CCC(=O)NC1CC1. The summed E-state index contributed by atoms with van der Waals surface area (Å²) in [6, 6.07) is 2.63. The highest BCUT2D eigenvalue weighted by Gasteiger charge is 2.22. The third-order valence-electron chi connectivity index (χ3n) is 2.47. The lowest BCUT2D eigenvalue weighted by molar-refractivity contribution is -0.121. The van der Waals surface area contributed by atoms with Gasteiger partial charge in [0, 0.05) is 25.6 Å². The van der Waals surface area contributed by atoms with Gasteiger partial charge in [0.05, 0.1) is 12.0 Å². The molecule has 0 radical (unpaired) electrons. The maximum atomic E-state index is 11.4. The Morgan fingerprint density at radius 3 is 2.87 bits per heavy atom. The molecule has 4 nitrogen and oxygen atoms in total. The molecule has 0 saturated heterocycles. The van der Waals surface area contributed by atoms with Crippen LogP contribution in [0.5, 0.6) is 0 Å². The van der Waals surface area contributed by atoms with E-state index in [1.165, 1.54) is 0 Å². The van der Waals surface area contributed by atoms with Gasteiger partial charge in [0.15, 0.2) is 0 Å². The van der Waals surface area contributed by atoms with Crippen LogP contribution in [0.15, 0.2) is 0 Å². The molecular weight excluding hydrogens is 190 g/mol. The van der Waals surface area contributed by atoms with E-state index in [1.807, 2.05) is 18.9 Å². The number of hydrogen-bond donors (Lipinski definition) is 1. The molecule has 1 saturated carbocycles. The van der Waals surface area contributed by atoms with Crippen LogP contribution < -0.4 is 5.32 Å². The topological polar surface area (TPSA) is 56.1 Å². The summed E-state index contributed by atoms with van der Waals surface area (Å²) in [7, 11) is 1.94. The zero-order valence-corrected chi connectivity index (χ0v) is 9.49. The molecular formula is C11H19N3O. The Morgan fingerprint density at radius 1 is 1.67 bits per heavy atom. The summed E-state index contributed by atoms with van der Waals surface area (Å²) < 4.78 is 0. The minimum absolute atomic E-state index is 0.0292. The van der Waals surface area contributed by atoms with Crippen LogP contribution in [0.2, 0.25) is 0 Å². The smallest absolute Gasteiger partial charge is 0.221 e. The first-order valence-electron chi connectivity index (χ1n) is 5.49. The highest BCUT2D eigenvalue weighted by atomic mass is 16.1. The van der Waals surface area contributed by atoms with Crippen molar-refractivity contribution < 1.29 is 4.79 Å². The lowest BCUT2D eigenvalue weighted by Crippen LogP contribution is -2.31. The van der Waals surface area contributed by atoms with Crippen LogP contribution in [0.3, 0.4) is 0 Å². The standard InChI is InChI=1S/C11H19N3O/c1-9(7-12)8-14(2)6-5-11(15)13-10-3-4-10/h9-10H,3-6,8H2,1-2H3,(H,13,15). The van der Waals surface area contributed by atoms with Crippen molar-refractivity contribution in [3.8, 4) is 6.07 Å². The third kappa shape index (κ3) is 5.38. The van der Waals surface area contributed by atoms with Crippen molar-refractivity contribution in [1.82, 2.24) is 10.2 Å². The predicted octanol–water partition coefficient (Wildman–Crippen LogP) is 0.747. The number of hydrogen-bond acceptors (Lipinski definition) is 3. The summed E-state index contributed by atoms with van der Waals surface area (Å²) in [6.45, 7) is 3.35. The Hall–Kier alpha value is -1.08. The van der Waals surface area contributed by atoms with E-state index >= 15 is 0 Å². The van der Waals surface area contributed by atoms with Crippen molar-refractivity contribution in [1.29, 1.82) is 5.26 Å². The van der Waals surface area contributed by atoms with Gasteiger partial charge in [-0.05, 0) is 26.8 Å². The lowest BCUT2D eigenvalue weighted by Gasteiger charge is -2.17. The Kier molecular flexibility index (Phi) is 4.57. The Labute approximate surface area is 91.2 Å². The average molecular weight is 209 g/mol. The van der Waals surface area contributed by atoms with Gasteiger partial charge < -0.3 is 10.2 Å². The molecule has 84 valence electrons. The highest BCUT2D eigenvalue weighted by Crippen LogP contribution is 2.18. The number of carbonyl (C=O) groups is 1. The van der Waals surface area contributed by atoms with Gasteiger partial charge in [-0.2, -0.15) is 5.26 Å².